The van der Waals surface area contributed by atoms with E-state index in [-0.39, 0.29) is 28.6 Å². The third-order valence-corrected chi connectivity index (χ3v) is 3.55. The summed E-state index contributed by atoms with van der Waals surface area (Å²) in [6, 6.07) is 3.53. The second-order valence-corrected chi connectivity index (χ2v) is 5.75. The zero-order valence-electron chi connectivity index (χ0n) is 12.7. The van der Waals surface area contributed by atoms with Gasteiger partial charge in [-0.25, -0.2) is 9.37 Å². The predicted octanol–water partition coefficient (Wildman–Crippen LogP) is 3.02. The lowest BCUT2D eigenvalue weighted by Crippen LogP contribution is -2.23. The van der Waals surface area contributed by atoms with E-state index in [0.29, 0.717) is 5.56 Å². The van der Waals surface area contributed by atoms with E-state index in [9.17, 15) is 13.6 Å². The number of methoxy groups -OCH3 is 1. The van der Waals surface area contributed by atoms with E-state index in [4.69, 9.17) is 14.2 Å². The molecule has 9 heteroatoms. The third kappa shape index (κ3) is 3.10. The molecule has 1 amide bonds. The Morgan fingerprint density at radius 1 is 1.33 bits per heavy atom. The van der Waals surface area contributed by atoms with Crippen molar-refractivity contribution in [2.45, 2.75) is 12.7 Å². The molecule has 2 unspecified atom stereocenters. The maximum Gasteiger partial charge on any atom is 0.418 e. The summed E-state index contributed by atoms with van der Waals surface area (Å²) < 4.78 is 42.3. The maximum absolute atomic E-state index is 14.1. The molecule has 24 heavy (non-hydrogen) atoms. The first kappa shape index (κ1) is 16.4. The summed E-state index contributed by atoms with van der Waals surface area (Å²) in [5.74, 6) is -3.66. The Morgan fingerprint density at radius 2 is 2.00 bits per heavy atom. The highest BCUT2D eigenvalue weighted by Gasteiger charge is 2.38. The highest BCUT2D eigenvalue weighted by Crippen LogP contribution is 2.45. The molecule has 2 atom stereocenters. The molecule has 1 aliphatic rings. The number of benzene rings is 1. The summed E-state index contributed by atoms with van der Waals surface area (Å²) in [4.78, 5) is 16.3. The summed E-state index contributed by atoms with van der Waals surface area (Å²) in [7, 11) is 3.13. The quantitative estimate of drug-likeness (QED) is 0.858. The topological polar surface area (TPSA) is 69.7 Å². The molecule has 0 radical (unpaired) electrons. The van der Waals surface area contributed by atoms with Crippen molar-refractivity contribution in [2.24, 2.45) is 0 Å². The molecule has 2 aromatic rings. The molecule has 0 saturated heterocycles. The van der Waals surface area contributed by atoms with Crippen LogP contribution in [0.4, 0.5) is 14.5 Å². The zero-order chi connectivity index (χ0) is 17.5. The number of ether oxygens (including phenoxy) is 3. The molecule has 1 N–H and O–H groups in total. The van der Waals surface area contributed by atoms with Crippen molar-refractivity contribution in [1.29, 1.82) is 0 Å². The summed E-state index contributed by atoms with van der Waals surface area (Å²) >= 11 is 0. The number of anilines is 1. The number of halogens is 2. The largest absolute Gasteiger partial charge is 0.481 e. The summed E-state index contributed by atoms with van der Waals surface area (Å²) in [5.41, 5.74) is 0.687. The second kappa shape index (κ2) is 5.87. The number of nitrogens with one attached hydrogen (secondary N) is 1. The van der Waals surface area contributed by atoms with Gasteiger partial charge in [-0.15, -0.1) is 0 Å². The number of aryl methyl sites for hydroxylation is 1. The highest BCUT2D eigenvalue weighted by molar-refractivity contribution is 7.18. The molecule has 126 valence electrons. The normalized spacial score (nSPS) is 18.4. The molecule has 6 nitrogen and oxygen atoms in total. The SMILES string of the molecule is COc1cc(C(=O)Nc2cc3c(cc2F)OC(F)(P)O3)c(C)cn1. The number of alkyl halides is 1. The van der Waals surface area contributed by atoms with Gasteiger partial charge >= 0.3 is 5.78 Å². The second-order valence-electron chi connectivity index (χ2n) is 5.06. The molecule has 0 spiro atoms. The molecular weight excluding hydrogens is 341 g/mol. The van der Waals surface area contributed by atoms with Gasteiger partial charge in [-0.2, -0.15) is 4.39 Å². The van der Waals surface area contributed by atoms with Crippen LogP contribution in [0.3, 0.4) is 0 Å². The van der Waals surface area contributed by atoms with Crippen LogP contribution in [0.1, 0.15) is 15.9 Å². The van der Waals surface area contributed by atoms with Crippen molar-refractivity contribution >= 4 is 20.8 Å². The minimum atomic E-state index is -2.45. The number of aromatic nitrogens is 1. The standard InChI is InChI=1S/C15H13F2N2O4P/c1-7-6-18-13(21-2)3-8(7)14(20)19-10-5-12-11(4-9(10)16)22-15(17,24)23-12/h3-6H,24H2,1-2H3,(H,19,20). The van der Waals surface area contributed by atoms with Gasteiger partial charge in [0.2, 0.25) is 5.88 Å². The average molecular weight is 354 g/mol. The van der Waals surface area contributed by atoms with E-state index < -0.39 is 17.5 Å². The minimum absolute atomic E-state index is 0.0202. The fourth-order valence-electron chi connectivity index (χ4n) is 2.16. The number of hydrogen-bond donors (Lipinski definition) is 1. The molecule has 0 aliphatic carbocycles. The molecule has 1 aromatic heterocycles. The van der Waals surface area contributed by atoms with Crippen LogP contribution in [0.15, 0.2) is 24.4 Å². The Bertz CT molecular complexity index is 829. The van der Waals surface area contributed by atoms with Gasteiger partial charge in [0, 0.05) is 30.0 Å². The maximum atomic E-state index is 14.1. The molecule has 0 saturated carbocycles. The summed E-state index contributed by atoms with van der Waals surface area (Å²) in [6.07, 6.45) is 1.47. The van der Waals surface area contributed by atoms with E-state index in [1.54, 1.807) is 16.2 Å². The number of rotatable bonds is 3. The van der Waals surface area contributed by atoms with E-state index in [1.165, 1.54) is 19.4 Å². The van der Waals surface area contributed by atoms with Gasteiger partial charge in [-0.05, 0) is 21.7 Å². The van der Waals surface area contributed by atoms with Gasteiger partial charge in [0.15, 0.2) is 17.3 Å². The van der Waals surface area contributed by atoms with Crippen molar-refractivity contribution in [1.82, 2.24) is 4.98 Å². The van der Waals surface area contributed by atoms with Crippen LogP contribution >= 0.6 is 9.24 Å². The minimum Gasteiger partial charge on any atom is -0.481 e. The van der Waals surface area contributed by atoms with Crippen LogP contribution in [-0.2, 0) is 0 Å². The number of hydrogen-bond acceptors (Lipinski definition) is 5. The number of carbonyl (C=O) groups excluding carboxylic acids is 1. The Hall–Kier alpha value is -2.47. The third-order valence-electron chi connectivity index (χ3n) is 3.31. The van der Waals surface area contributed by atoms with E-state index in [1.807, 2.05) is 0 Å². The van der Waals surface area contributed by atoms with Crippen LogP contribution in [0.5, 0.6) is 17.4 Å². The molecule has 3 rings (SSSR count). The van der Waals surface area contributed by atoms with Gasteiger partial charge in [0.1, 0.15) is 0 Å². The summed E-state index contributed by atoms with van der Waals surface area (Å²) in [6.45, 7) is 1.68. The van der Waals surface area contributed by atoms with Crippen molar-refractivity contribution < 1.29 is 27.8 Å². The first-order valence-electron chi connectivity index (χ1n) is 6.80. The number of pyridine rings is 1. The molecule has 1 aromatic carbocycles. The fraction of sp³-hybridized carbons (Fsp3) is 0.200. The van der Waals surface area contributed by atoms with Crippen LogP contribution < -0.4 is 19.5 Å². The molecule has 0 fully saturated rings. The van der Waals surface area contributed by atoms with E-state index >= 15 is 0 Å². The van der Waals surface area contributed by atoms with Gasteiger partial charge in [-0.1, -0.05) is 0 Å². The number of carbonyl (C=O) groups is 1. The van der Waals surface area contributed by atoms with Crippen LogP contribution in [0.2, 0.25) is 0 Å². The van der Waals surface area contributed by atoms with Crippen molar-refractivity contribution in [2.75, 3.05) is 12.4 Å². The average Bonchev–Trinajstić information content (AvgIpc) is 2.81. The van der Waals surface area contributed by atoms with E-state index in [0.717, 1.165) is 12.1 Å². The zero-order valence-corrected chi connectivity index (χ0v) is 13.9. The highest BCUT2D eigenvalue weighted by atomic mass is 31.0. The van der Waals surface area contributed by atoms with Gasteiger partial charge < -0.3 is 19.5 Å². The first-order valence-corrected chi connectivity index (χ1v) is 7.38. The Labute approximate surface area is 138 Å². The first-order chi connectivity index (χ1) is 11.3. The monoisotopic (exact) mass is 354 g/mol. The van der Waals surface area contributed by atoms with Crippen LogP contribution in [0, 0.1) is 12.7 Å². The van der Waals surface area contributed by atoms with Gasteiger partial charge in [0.25, 0.3) is 5.91 Å². The van der Waals surface area contributed by atoms with Crippen molar-refractivity contribution in [3.8, 4) is 17.4 Å². The number of fused-ring (bicyclic) bond motifs is 1. The Balaban J connectivity index is 1.88. The van der Waals surface area contributed by atoms with Gasteiger partial charge in [-0.3, -0.25) is 4.79 Å². The van der Waals surface area contributed by atoms with Gasteiger partial charge in [0.05, 0.1) is 12.8 Å². The fourth-order valence-corrected chi connectivity index (χ4v) is 2.42. The molecule has 2 heterocycles. The van der Waals surface area contributed by atoms with Crippen molar-refractivity contribution in [3.63, 3.8) is 0 Å². The van der Waals surface area contributed by atoms with Crippen molar-refractivity contribution in [3.05, 3.63) is 41.3 Å². The Morgan fingerprint density at radius 3 is 2.67 bits per heavy atom. The molecular formula is C15H13F2N2O4P. The summed E-state index contributed by atoms with van der Waals surface area (Å²) in [5, 5.41) is 2.41. The lowest BCUT2D eigenvalue weighted by Gasteiger charge is -2.10. The smallest absolute Gasteiger partial charge is 0.418 e. The predicted molar refractivity (Wildman–Crippen MR) is 84.7 cm³/mol. The van der Waals surface area contributed by atoms with E-state index in [2.05, 4.69) is 10.3 Å². The van der Waals surface area contributed by atoms with Crippen LogP contribution in [-0.4, -0.2) is 23.8 Å². The molecule has 0 bridgehead atoms. The molecule has 1 aliphatic heterocycles. The number of amides is 1. The Kier molecular flexibility index (Phi) is 4.01. The number of nitrogens with zero attached hydrogens (tertiary/aromatic N) is 1. The lowest BCUT2D eigenvalue weighted by atomic mass is 10.1. The lowest BCUT2D eigenvalue weighted by molar-refractivity contribution is -0.104. The van der Waals surface area contributed by atoms with Crippen LogP contribution in [0.25, 0.3) is 0 Å².